The van der Waals surface area contributed by atoms with Crippen molar-refractivity contribution in [2.24, 2.45) is 11.8 Å². The molecule has 2 aliphatic rings. The average Bonchev–Trinajstić information content (AvgIpc) is 2.72. The van der Waals surface area contributed by atoms with Crippen molar-refractivity contribution in [3.63, 3.8) is 0 Å². The summed E-state index contributed by atoms with van der Waals surface area (Å²) in [4.78, 5) is 38.9. The minimum atomic E-state index is -0.969. The number of carbonyl (C=O) groups excluding carboxylic acids is 3. The first-order valence-corrected chi connectivity index (χ1v) is 10.9. The van der Waals surface area contributed by atoms with Crippen LogP contribution in [0.15, 0.2) is 45.2 Å². The van der Waals surface area contributed by atoms with Gasteiger partial charge in [0.25, 0.3) is 0 Å². The number of ketones is 1. The van der Waals surface area contributed by atoms with E-state index in [-0.39, 0.29) is 22.6 Å². The normalized spacial score (nSPS) is 23.3. The minimum absolute atomic E-state index is 0.214. The Balaban J connectivity index is 2.18. The van der Waals surface area contributed by atoms with Crippen LogP contribution in [0.3, 0.4) is 0 Å². The Bertz CT molecular complexity index is 1000. The van der Waals surface area contributed by atoms with Gasteiger partial charge in [0, 0.05) is 22.9 Å². The number of hydrogen-bond acceptors (Lipinski definition) is 6. The molecule has 8 heteroatoms. The zero-order chi connectivity index (χ0) is 22.9. The molecule has 0 saturated heterocycles. The van der Waals surface area contributed by atoms with Crippen LogP contribution >= 0.6 is 15.9 Å². The van der Waals surface area contributed by atoms with Gasteiger partial charge in [0.15, 0.2) is 5.78 Å². The third kappa shape index (κ3) is 4.31. The summed E-state index contributed by atoms with van der Waals surface area (Å²) in [5, 5.41) is 3.19. The smallest absolute Gasteiger partial charge is 0.336 e. The van der Waals surface area contributed by atoms with Gasteiger partial charge in [-0.1, -0.05) is 19.9 Å². The molecule has 0 radical (unpaired) electrons. The van der Waals surface area contributed by atoms with E-state index in [4.69, 9.17) is 9.47 Å². The van der Waals surface area contributed by atoms with Gasteiger partial charge >= 0.3 is 11.9 Å². The SMILES string of the molecule is CCCOC(=O)C1=C(C)NC2=C(C(=O)[C@@H](C(=O)OC)[C@H](C)C2)[C@H]1c1ccc(F)c(Br)c1. The van der Waals surface area contributed by atoms with Crippen LogP contribution in [0, 0.1) is 17.7 Å². The average molecular weight is 494 g/mol. The van der Waals surface area contributed by atoms with E-state index in [9.17, 15) is 18.8 Å². The number of halogens is 2. The highest BCUT2D eigenvalue weighted by Gasteiger charge is 2.47. The fraction of sp³-hybridized carbons (Fsp3) is 0.435. The second-order valence-electron chi connectivity index (χ2n) is 7.84. The van der Waals surface area contributed by atoms with Gasteiger partial charge in [-0.15, -0.1) is 0 Å². The fourth-order valence-electron chi connectivity index (χ4n) is 4.25. The lowest BCUT2D eigenvalue weighted by Gasteiger charge is -2.38. The van der Waals surface area contributed by atoms with Crippen molar-refractivity contribution in [3.05, 3.63) is 56.6 Å². The molecule has 0 fully saturated rings. The van der Waals surface area contributed by atoms with Crippen molar-refractivity contribution in [1.29, 1.82) is 0 Å². The van der Waals surface area contributed by atoms with Gasteiger partial charge < -0.3 is 14.8 Å². The van der Waals surface area contributed by atoms with Crippen LogP contribution in [-0.2, 0) is 23.9 Å². The molecular formula is C23H25BrFNO5. The van der Waals surface area contributed by atoms with Crippen molar-refractivity contribution in [2.75, 3.05) is 13.7 Å². The molecule has 0 saturated carbocycles. The molecule has 0 bridgehead atoms. The first-order chi connectivity index (χ1) is 14.7. The number of nitrogens with one attached hydrogen (secondary N) is 1. The van der Waals surface area contributed by atoms with E-state index in [2.05, 4.69) is 21.2 Å². The summed E-state index contributed by atoms with van der Waals surface area (Å²) in [6, 6.07) is 4.37. The van der Waals surface area contributed by atoms with E-state index in [1.807, 2.05) is 13.8 Å². The first-order valence-electron chi connectivity index (χ1n) is 10.2. The summed E-state index contributed by atoms with van der Waals surface area (Å²) in [5.41, 5.74) is 2.38. The van der Waals surface area contributed by atoms with E-state index in [0.29, 0.717) is 35.4 Å². The third-order valence-corrected chi connectivity index (χ3v) is 6.28. The Kier molecular flexibility index (Phi) is 6.99. The van der Waals surface area contributed by atoms with Crippen LogP contribution < -0.4 is 5.32 Å². The largest absolute Gasteiger partial charge is 0.468 e. The fourth-order valence-corrected chi connectivity index (χ4v) is 4.65. The third-order valence-electron chi connectivity index (χ3n) is 5.68. The van der Waals surface area contributed by atoms with Crippen LogP contribution in [-0.4, -0.2) is 31.4 Å². The summed E-state index contributed by atoms with van der Waals surface area (Å²) in [5.74, 6) is -4.04. The van der Waals surface area contributed by atoms with Gasteiger partial charge in [-0.2, -0.15) is 0 Å². The lowest BCUT2D eigenvalue weighted by Crippen LogP contribution is -2.43. The van der Waals surface area contributed by atoms with Gasteiger partial charge in [0.2, 0.25) is 0 Å². The maximum Gasteiger partial charge on any atom is 0.336 e. The molecule has 1 aromatic carbocycles. The van der Waals surface area contributed by atoms with Crippen LogP contribution in [0.25, 0.3) is 0 Å². The maximum atomic E-state index is 13.9. The van der Waals surface area contributed by atoms with E-state index in [1.165, 1.54) is 13.2 Å². The Hall–Kier alpha value is -2.48. The maximum absolute atomic E-state index is 13.9. The van der Waals surface area contributed by atoms with Gasteiger partial charge in [-0.25, -0.2) is 9.18 Å². The summed E-state index contributed by atoms with van der Waals surface area (Å²) in [6.07, 6.45) is 1.08. The summed E-state index contributed by atoms with van der Waals surface area (Å²) < 4.78 is 24.4. The van der Waals surface area contributed by atoms with Crippen molar-refractivity contribution in [1.82, 2.24) is 5.32 Å². The highest BCUT2D eigenvalue weighted by Crippen LogP contribution is 2.46. The van der Waals surface area contributed by atoms with Crippen molar-refractivity contribution in [2.45, 2.75) is 39.5 Å². The van der Waals surface area contributed by atoms with Crippen molar-refractivity contribution >= 4 is 33.7 Å². The number of rotatable bonds is 5. The molecule has 0 spiro atoms. The standard InChI is InChI=1S/C23H25BrFNO5/c1-5-8-31-23(29)18-12(3)26-16-9-11(2)17(22(28)30-4)21(27)20(16)19(18)13-6-7-15(25)14(24)10-13/h6-7,10-11,17,19,26H,5,8-9H2,1-4H3/t11-,17+,19+/m1/s1. The summed E-state index contributed by atoms with van der Waals surface area (Å²) in [6.45, 7) is 5.69. The molecule has 166 valence electrons. The Morgan fingerprint density at radius 1 is 1.32 bits per heavy atom. The molecule has 1 heterocycles. The number of benzene rings is 1. The number of allylic oxidation sites excluding steroid dienone is 3. The van der Waals surface area contributed by atoms with Crippen LogP contribution in [0.2, 0.25) is 0 Å². The highest BCUT2D eigenvalue weighted by molar-refractivity contribution is 9.10. The zero-order valence-corrected chi connectivity index (χ0v) is 19.5. The van der Waals surface area contributed by atoms with E-state index in [0.717, 1.165) is 0 Å². The molecule has 1 N–H and O–H groups in total. The molecule has 1 aromatic rings. The molecular weight excluding hydrogens is 469 g/mol. The number of carbonyl (C=O) groups is 3. The molecule has 3 atom stereocenters. The lowest BCUT2D eigenvalue weighted by molar-refractivity contribution is -0.151. The molecule has 1 aliphatic carbocycles. The number of ether oxygens (including phenoxy) is 2. The Morgan fingerprint density at radius 3 is 2.65 bits per heavy atom. The van der Waals surface area contributed by atoms with Gasteiger partial charge in [-0.05, 0) is 59.3 Å². The number of dihydropyridines is 1. The molecule has 3 rings (SSSR count). The lowest BCUT2D eigenvalue weighted by atomic mass is 9.69. The van der Waals surface area contributed by atoms with Crippen molar-refractivity contribution < 1.29 is 28.2 Å². The second-order valence-corrected chi connectivity index (χ2v) is 8.70. The topological polar surface area (TPSA) is 81.7 Å². The number of hydrogen-bond donors (Lipinski definition) is 1. The van der Waals surface area contributed by atoms with E-state index in [1.54, 1.807) is 19.1 Å². The highest BCUT2D eigenvalue weighted by atomic mass is 79.9. The van der Waals surface area contributed by atoms with Gasteiger partial charge in [0.1, 0.15) is 11.7 Å². The Labute approximate surface area is 189 Å². The van der Waals surface area contributed by atoms with Gasteiger partial charge in [0.05, 0.1) is 23.8 Å². The molecule has 0 amide bonds. The molecule has 1 aliphatic heterocycles. The second kappa shape index (κ2) is 9.34. The van der Waals surface area contributed by atoms with Gasteiger partial charge in [-0.3, -0.25) is 9.59 Å². The Morgan fingerprint density at radius 2 is 2.03 bits per heavy atom. The molecule has 6 nitrogen and oxygen atoms in total. The van der Waals surface area contributed by atoms with E-state index < -0.39 is 35.4 Å². The van der Waals surface area contributed by atoms with Crippen LogP contribution in [0.4, 0.5) is 4.39 Å². The van der Waals surface area contributed by atoms with Crippen LogP contribution in [0.1, 0.15) is 45.1 Å². The predicted octanol–water partition coefficient (Wildman–Crippen LogP) is 4.15. The minimum Gasteiger partial charge on any atom is -0.468 e. The first kappa shape index (κ1) is 23.2. The molecule has 0 aromatic heterocycles. The van der Waals surface area contributed by atoms with E-state index >= 15 is 0 Å². The number of methoxy groups -OCH3 is 1. The monoisotopic (exact) mass is 493 g/mol. The predicted molar refractivity (Wildman–Crippen MR) is 115 cm³/mol. The van der Waals surface area contributed by atoms with Crippen LogP contribution in [0.5, 0.6) is 0 Å². The van der Waals surface area contributed by atoms with Crippen molar-refractivity contribution in [3.8, 4) is 0 Å². The quantitative estimate of drug-likeness (QED) is 0.489. The summed E-state index contributed by atoms with van der Waals surface area (Å²) in [7, 11) is 1.25. The molecule has 31 heavy (non-hydrogen) atoms. The summed E-state index contributed by atoms with van der Waals surface area (Å²) >= 11 is 3.19. The number of Topliss-reactive ketones (excluding diaryl/α,β-unsaturated/α-hetero) is 1. The molecule has 0 unspecified atom stereocenters. The number of esters is 2. The zero-order valence-electron chi connectivity index (χ0n) is 17.9.